The van der Waals surface area contributed by atoms with Gasteiger partial charge in [0.05, 0.1) is 0 Å². The maximum absolute atomic E-state index is 12.4. The van der Waals surface area contributed by atoms with Gasteiger partial charge < -0.3 is 10.1 Å². The van der Waals surface area contributed by atoms with Gasteiger partial charge in [-0.25, -0.2) is 0 Å². The van der Waals surface area contributed by atoms with E-state index in [2.05, 4.69) is 19.2 Å². The van der Waals surface area contributed by atoms with E-state index in [9.17, 15) is 4.79 Å². The molecule has 1 N–H and O–H groups in total. The summed E-state index contributed by atoms with van der Waals surface area (Å²) in [6.45, 7) is 6.11. The van der Waals surface area contributed by atoms with Crippen LogP contribution in [0, 0.1) is 11.3 Å². The van der Waals surface area contributed by atoms with Crippen LogP contribution in [0.25, 0.3) is 0 Å². The number of ether oxygens (including phenoxy) is 1. The van der Waals surface area contributed by atoms with E-state index in [1.165, 1.54) is 17.6 Å². The molecule has 1 amide bonds. The summed E-state index contributed by atoms with van der Waals surface area (Å²) in [6, 6.07) is 0.427. The van der Waals surface area contributed by atoms with Gasteiger partial charge in [0, 0.05) is 25.2 Å². The molecule has 19 heavy (non-hydrogen) atoms. The molecule has 2 aliphatic carbocycles. The van der Waals surface area contributed by atoms with Gasteiger partial charge in [-0.1, -0.05) is 11.1 Å². The van der Waals surface area contributed by atoms with Crippen molar-refractivity contribution in [3.8, 4) is 0 Å². The first-order valence-corrected chi connectivity index (χ1v) is 7.64. The van der Waals surface area contributed by atoms with Crippen LogP contribution in [0.5, 0.6) is 0 Å². The van der Waals surface area contributed by atoms with Crippen LogP contribution in [0.3, 0.4) is 0 Å². The zero-order valence-corrected chi connectivity index (χ0v) is 12.1. The number of carbonyl (C=O) groups excluding carboxylic acids is 1. The second-order valence-corrected chi connectivity index (χ2v) is 6.74. The van der Waals surface area contributed by atoms with Crippen molar-refractivity contribution >= 4 is 5.91 Å². The molecule has 0 aromatic carbocycles. The molecule has 2 unspecified atom stereocenters. The average Bonchev–Trinajstić information content (AvgIpc) is 3.05. The predicted molar refractivity (Wildman–Crippen MR) is 74.7 cm³/mol. The standard InChI is InChI=1S/C16H25NO2/c1-11-3-4-13(9-12(11)2)15(18)17-14-10-16(14)5-7-19-8-6-16/h13-14H,3-10H2,1-2H3,(H,17,18). The SMILES string of the molecule is CC1=C(C)CC(C(=O)NC2CC23CCOCC3)CC1. The molecule has 1 spiro atoms. The fourth-order valence-corrected chi connectivity index (χ4v) is 3.65. The first kappa shape index (κ1) is 13.2. The largest absolute Gasteiger partial charge is 0.381 e. The first-order chi connectivity index (χ1) is 9.11. The van der Waals surface area contributed by atoms with Crippen molar-refractivity contribution in [2.75, 3.05) is 13.2 Å². The Labute approximate surface area is 115 Å². The number of nitrogens with one attached hydrogen (secondary N) is 1. The number of amides is 1. The normalized spacial score (nSPS) is 33.4. The molecule has 0 aromatic heterocycles. The van der Waals surface area contributed by atoms with Gasteiger partial charge in [0.15, 0.2) is 0 Å². The summed E-state index contributed by atoms with van der Waals surface area (Å²) in [4.78, 5) is 12.4. The van der Waals surface area contributed by atoms with Crippen molar-refractivity contribution in [3.05, 3.63) is 11.1 Å². The van der Waals surface area contributed by atoms with E-state index >= 15 is 0 Å². The summed E-state index contributed by atoms with van der Waals surface area (Å²) in [5.41, 5.74) is 3.29. The molecule has 3 rings (SSSR count). The summed E-state index contributed by atoms with van der Waals surface area (Å²) < 4.78 is 5.42. The molecule has 3 aliphatic rings. The lowest BCUT2D eigenvalue weighted by molar-refractivity contribution is -0.125. The monoisotopic (exact) mass is 263 g/mol. The highest BCUT2D eigenvalue weighted by molar-refractivity contribution is 5.80. The van der Waals surface area contributed by atoms with Crippen molar-refractivity contribution in [1.82, 2.24) is 5.32 Å². The molecular formula is C16H25NO2. The Hall–Kier alpha value is -0.830. The zero-order valence-electron chi connectivity index (χ0n) is 12.1. The number of carbonyl (C=O) groups is 1. The molecule has 1 saturated carbocycles. The van der Waals surface area contributed by atoms with Gasteiger partial charge in [-0.15, -0.1) is 0 Å². The lowest BCUT2D eigenvalue weighted by atomic mass is 9.84. The van der Waals surface area contributed by atoms with Crippen LogP contribution in [0.4, 0.5) is 0 Å². The van der Waals surface area contributed by atoms with Crippen LogP contribution >= 0.6 is 0 Å². The maximum atomic E-state index is 12.4. The molecule has 106 valence electrons. The highest BCUT2D eigenvalue weighted by Gasteiger charge is 2.55. The van der Waals surface area contributed by atoms with E-state index in [4.69, 9.17) is 4.74 Å². The van der Waals surface area contributed by atoms with Crippen molar-refractivity contribution in [1.29, 1.82) is 0 Å². The van der Waals surface area contributed by atoms with E-state index in [0.717, 1.165) is 45.3 Å². The van der Waals surface area contributed by atoms with Gasteiger partial charge in [-0.2, -0.15) is 0 Å². The van der Waals surface area contributed by atoms with Crippen LogP contribution < -0.4 is 5.32 Å². The van der Waals surface area contributed by atoms with Crippen molar-refractivity contribution in [3.63, 3.8) is 0 Å². The van der Waals surface area contributed by atoms with Gasteiger partial charge in [-0.05, 0) is 57.8 Å². The third kappa shape index (κ3) is 2.58. The molecule has 0 radical (unpaired) electrons. The van der Waals surface area contributed by atoms with Crippen LogP contribution in [-0.2, 0) is 9.53 Å². The number of hydrogen-bond acceptors (Lipinski definition) is 2. The average molecular weight is 263 g/mol. The third-order valence-corrected chi connectivity index (χ3v) is 5.51. The second kappa shape index (κ2) is 4.93. The minimum atomic E-state index is 0.209. The summed E-state index contributed by atoms with van der Waals surface area (Å²) in [5.74, 6) is 0.501. The lowest BCUT2D eigenvalue weighted by Gasteiger charge is -2.26. The van der Waals surface area contributed by atoms with Crippen molar-refractivity contribution in [2.24, 2.45) is 11.3 Å². The summed E-state index contributed by atoms with van der Waals surface area (Å²) in [5, 5.41) is 3.30. The molecule has 2 atom stereocenters. The van der Waals surface area contributed by atoms with E-state index in [0.29, 0.717) is 17.4 Å². The van der Waals surface area contributed by atoms with Crippen LogP contribution in [0.2, 0.25) is 0 Å². The number of allylic oxidation sites excluding steroid dienone is 2. The van der Waals surface area contributed by atoms with Crippen LogP contribution in [0.15, 0.2) is 11.1 Å². The Balaban J connectivity index is 1.53. The minimum Gasteiger partial charge on any atom is -0.381 e. The topological polar surface area (TPSA) is 38.3 Å². The van der Waals surface area contributed by atoms with Gasteiger partial charge in [0.1, 0.15) is 0 Å². The van der Waals surface area contributed by atoms with E-state index in [1.54, 1.807) is 0 Å². The maximum Gasteiger partial charge on any atom is 0.223 e. The van der Waals surface area contributed by atoms with Crippen molar-refractivity contribution in [2.45, 2.75) is 58.4 Å². The van der Waals surface area contributed by atoms with Crippen molar-refractivity contribution < 1.29 is 9.53 Å². The summed E-state index contributed by atoms with van der Waals surface area (Å²) in [7, 11) is 0. The Morgan fingerprint density at radius 3 is 2.68 bits per heavy atom. The minimum absolute atomic E-state index is 0.209. The molecule has 2 fully saturated rings. The molecule has 0 bridgehead atoms. The smallest absolute Gasteiger partial charge is 0.223 e. The lowest BCUT2D eigenvalue weighted by Crippen LogP contribution is -2.37. The Kier molecular flexibility index (Phi) is 3.42. The molecule has 0 aromatic rings. The highest BCUT2D eigenvalue weighted by atomic mass is 16.5. The molecule has 3 nitrogen and oxygen atoms in total. The van der Waals surface area contributed by atoms with Gasteiger partial charge in [0.2, 0.25) is 5.91 Å². The second-order valence-electron chi connectivity index (χ2n) is 6.74. The van der Waals surface area contributed by atoms with E-state index < -0.39 is 0 Å². The molecule has 1 saturated heterocycles. The highest BCUT2D eigenvalue weighted by Crippen LogP contribution is 2.53. The van der Waals surface area contributed by atoms with Crippen LogP contribution in [-0.4, -0.2) is 25.2 Å². The van der Waals surface area contributed by atoms with Gasteiger partial charge in [-0.3, -0.25) is 4.79 Å². The predicted octanol–water partition coefficient (Wildman–Crippen LogP) is 2.81. The zero-order chi connectivity index (χ0) is 13.5. The van der Waals surface area contributed by atoms with Crippen LogP contribution in [0.1, 0.15) is 52.4 Å². The Morgan fingerprint density at radius 1 is 1.26 bits per heavy atom. The quantitative estimate of drug-likeness (QED) is 0.778. The van der Waals surface area contributed by atoms with E-state index in [-0.39, 0.29) is 5.92 Å². The van der Waals surface area contributed by atoms with Gasteiger partial charge in [0.25, 0.3) is 0 Å². The fourth-order valence-electron chi connectivity index (χ4n) is 3.65. The first-order valence-electron chi connectivity index (χ1n) is 7.64. The Bertz CT molecular complexity index is 407. The Morgan fingerprint density at radius 2 is 2.00 bits per heavy atom. The summed E-state index contributed by atoms with van der Waals surface area (Å²) in [6.07, 6.45) is 6.50. The third-order valence-electron chi connectivity index (χ3n) is 5.51. The summed E-state index contributed by atoms with van der Waals surface area (Å²) >= 11 is 0. The number of hydrogen-bond donors (Lipinski definition) is 1. The van der Waals surface area contributed by atoms with Gasteiger partial charge >= 0.3 is 0 Å². The number of rotatable bonds is 2. The molecular weight excluding hydrogens is 238 g/mol. The fraction of sp³-hybridized carbons (Fsp3) is 0.812. The van der Waals surface area contributed by atoms with E-state index in [1.807, 2.05) is 0 Å². The molecule has 3 heteroatoms. The molecule has 1 heterocycles. The molecule has 1 aliphatic heterocycles.